The number of aliphatic hydroxyl groups is 1. The molecule has 0 bridgehead atoms. The van der Waals surface area contributed by atoms with Gasteiger partial charge in [0.05, 0.1) is 12.6 Å². The number of carbonyl (C=O) groups is 5. The number of unbranched alkanes of at least 4 members (excludes halogenated alkanes) is 2. The van der Waals surface area contributed by atoms with Crippen LogP contribution in [0.15, 0.2) is 30.3 Å². The summed E-state index contributed by atoms with van der Waals surface area (Å²) in [4.78, 5) is 61.8. The van der Waals surface area contributed by atoms with Crippen molar-refractivity contribution >= 4 is 29.6 Å². The van der Waals surface area contributed by atoms with Gasteiger partial charge in [-0.1, -0.05) is 50.6 Å². The van der Waals surface area contributed by atoms with E-state index in [0.717, 1.165) is 19.3 Å². The topological polar surface area (TPSA) is 200 Å². The summed E-state index contributed by atoms with van der Waals surface area (Å²) in [6.45, 7) is 5.37. The Kier molecular flexibility index (Phi) is 15.5. The van der Waals surface area contributed by atoms with Crippen LogP contribution in [0.2, 0.25) is 0 Å². The Labute approximate surface area is 235 Å². The number of amides is 4. The van der Waals surface area contributed by atoms with Crippen molar-refractivity contribution in [3.63, 3.8) is 0 Å². The third-order valence-corrected chi connectivity index (χ3v) is 6.45. The van der Waals surface area contributed by atoms with Gasteiger partial charge >= 0.3 is 5.97 Å². The molecule has 40 heavy (non-hydrogen) atoms. The van der Waals surface area contributed by atoms with Crippen LogP contribution in [0.3, 0.4) is 0 Å². The van der Waals surface area contributed by atoms with Crippen LogP contribution in [0, 0.1) is 11.8 Å². The summed E-state index contributed by atoms with van der Waals surface area (Å²) >= 11 is 0. The van der Waals surface area contributed by atoms with Crippen molar-refractivity contribution in [2.45, 2.75) is 84.0 Å². The zero-order valence-electron chi connectivity index (χ0n) is 23.8. The first-order valence-electron chi connectivity index (χ1n) is 13.7. The number of rotatable bonds is 18. The number of aliphatic hydroxyl groups excluding tert-OH is 1. The quantitative estimate of drug-likeness (QED) is 0.122. The van der Waals surface area contributed by atoms with Crippen molar-refractivity contribution in [2.24, 2.45) is 17.6 Å². The highest BCUT2D eigenvalue weighted by atomic mass is 16.4. The highest BCUT2D eigenvalue weighted by Gasteiger charge is 2.34. The minimum atomic E-state index is -1.31. The van der Waals surface area contributed by atoms with Crippen molar-refractivity contribution in [3.05, 3.63) is 35.9 Å². The van der Waals surface area contributed by atoms with Gasteiger partial charge in [0.2, 0.25) is 23.6 Å². The van der Waals surface area contributed by atoms with Gasteiger partial charge in [0, 0.05) is 18.9 Å². The minimum absolute atomic E-state index is 0.135. The summed E-state index contributed by atoms with van der Waals surface area (Å²) in [5, 5.41) is 29.6. The molecule has 1 aromatic rings. The molecule has 224 valence electrons. The standard InChI is InChI=1S/C28H45N5O7/c1-17(2)23(28(39)40)33-27(38)24(21(16-34)15-30-26(37)19(4)31-25(36)18(3)29)32-22(35)14-10-6-9-13-20-11-7-5-8-12-20/h5,7-8,11-12,17-19,21,23-24,34H,6,9-10,13-16,29H2,1-4H3,(H,30,37)(H,31,36)(H,32,35)(H,33,38)(H,39,40)/t18-,19-,21?,23?,24?/m0/s1. The van der Waals surface area contributed by atoms with Crippen LogP contribution in [0.5, 0.6) is 0 Å². The predicted molar refractivity (Wildman–Crippen MR) is 150 cm³/mol. The molecule has 1 rings (SSSR count). The molecule has 1 aromatic carbocycles. The van der Waals surface area contributed by atoms with Gasteiger partial charge in [-0.15, -0.1) is 0 Å². The molecule has 0 saturated carbocycles. The number of hydrogen-bond donors (Lipinski definition) is 7. The molecule has 12 nitrogen and oxygen atoms in total. The molecule has 3 unspecified atom stereocenters. The van der Waals surface area contributed by atoms with Crippen molar-refractivity contribution in [2.75, 3.05) is 13.2 Å². The maximum atomic E-state index is 13.1. The third-order valence-electron chi connectivity index (χ3n) is 6.45. The van der Waals surface area contributed by atoms with Crippen molar-refractivity contribution in [3.8, 4) is 0 Å². The number of nitrogens with two attached hydrogens (primary N) is 1. The second-order valence-electron chi connectivity index (χ2n) is 10.4. The van der Waals surface area contributed by atoms with E-state index in [1.165, 1.54) is 19.4 Å². The SMILES string of the molecule is CC(C)C(NC(=O)C(NC(=O)CCCCCc1ccccc1)C(CO)CNC(=O)[C@H](C)NC(=O)[C@H](C)N)C(=O)O. The molecule has 0 aliphatic rings. The van der Waals surface area contributed by atoms with Crippen LogP contribution in [-0.4, -0.2) is 77.1 Å². The number of nitrogens with one attached hydrogen (secondary N) is 4. The van der Waals surface area contributed by atoms with E-state index in [0.29, 0.717) is 6.42 Å². The molecular formula is C28H45N5O7. The van der Waals surface area contributed by atoms with E-state index in [2.05, 4.69) is 21.3 Å². The second kappa shape index (κ2) is 18.0. The summed E-state index contributed by atoms with van der Waals surface area (Å²) in [5.41, 5.74) is 6.71. The highest BCUT2D eigenvalue weighted by Crippen LogP contribution is 2.10. The normalized spacial score (nSPS) is 14.8. The monoisotopic (exact) mass is 563 g/mol. The van der Waals surface area contributed by atoms with Gasteiger partial charge in [0.25, 0.3) is 0 Å². The lowest BCUT2D eigenvalue weighted by atomic mass is 9.97. The zero-order valence-corrected chi connectivity index (χ0v) is 23.8. The van der Waals surface area contributed by atoms with Crippen LogP contribution in [0.1, 0.15) is 58.9 Å². The van der Waals surface area contributed by atoms with E-state index in [9.17, 15) is 34.2 Å². The number of carbonyl (C=O) groups excluding carboxylic acids is 4. The molecule has 0 aliphatic heterocycles. The van der Waals surface area contributed by atoms with Crippen molar-refractivity contribution < 1.29 is 34.2 Å². The average molecular weight is 564 g/mol. The van der Waals surface area contributed by atoms with Gasteiger partial charge in [-0.05, 0) is 44.6 Å². The molecule has 0 aliphatic carbocycles. The lowest BCUT2D eigenvalue weighted by Crippen LogP contribution is -2.58. The highest BCUT2D eigenvalue weighted by molar-refractivity contribution is 5.91. The average Bonchev–Trinajstić information content (AvgIpc) is 2.90. The minimum Gasteiger partial charge on any atom is -0.480 e. The van der Waals surface area contributed by atoms with Gasteiger partial charge < -0.3 is 37.2 Å². The number of aryl methyl sites for hydroxylation is 1. The fourth-order valence-electron chi connectivity index (χ4n) is 3.92. The molecule has 0 radical (unpaired) electrons. The lowest BCUT2D eigenvalue weighted by molar-refractivity contribution is -0.144. The van der Waals surface area contributed by atoms with Crippen LogP contribution >= 0.6 is 0 Å². The number of carboxylic acid groups (broad SMARTS) is 1. The molecule has 0 saturated heterocycles. The molecule has 5 atom stereocenters. The first-order valence-corrected chi connectivity index (χ1v) is 13.7. The van der Waals surface area contributed by atoms with Crippen LogP contribution in [0.4, 0.5) is 0 Å². The van der Waals surface area contributed by atoms with Crippen molar-refractivity contribution in [1.29, 1.82) is 0 Å². The van der Waals surface area contributed by atoms with Crippen LogP contribution < -0.4 is 27.0 Å². The molecule has 0 heterocycles. The van der Waals surface area contributed by atoms with Gasteiger partial charge in [-0.3, -0.25) is 19.2 Å². The summed E-state index contributed by atoms with van der Waals surface area (Å²) in [7, 11) is 0. The Morgan fingerprint density at radius 2 is 1.48 bits per heavy atom. The Morgan fingerprint density at radius 3 is 2.02 bits per heavy atom. The largest absolute Gasteiger partial charge is 0.480 e. The zero-order chi connectivity index (χ0) is 30.2. The molecule has 8 N–H and O–H groups in total. The van der Waals surface area contributed by atoms with Gasteiger partial charge in [0.1, 0.15) is 18.1 Å². The van der Waals surface area contributed by atoms with E-state index in [-0.39, 0.29) is 13.0 Å². The van der Waals surface area contributed by atoms with Crippen LogP contribution in [0.25, 0.3) is 0 Å². The molecule has 0 fully saturated rings. The Hall–Kier alpha value is -3.51. The number of benzene rings is 1. The van der Waals surface area contributed by atoms with E-state index in [1.54, 1.807) is 13.8 Å². The molecule has 0 aromatic heterocycles. The Morgan fingerprint density at radius 1 is 0.825 bits per heavy atom. The van der Waals surface area contributed by atoms with Gasteiger partial charge in [0.15, 0.2) is 0 Å². The molecule has 12 heteroatoms. The maximum Gasteiger partial charge on any atom is 0.326 e. The fraction of sp³-hybridized carbons (Fsp3) is 0.607. The fourth-order valence-corrected chi connectivity index (χ4v) is 3.92. The van der Waals surface area contributed by atoms with Crippen molar-refractivity contribution in [1.82, 2.24) is 21.3 Å². The van der Waals surface area contributed by atoms with E-state index >= 15 is 0 Å². The first-order chi connectivity index (χ1) is 18.9. The van der Waals surface area contributed by atoms with Gasteiger partial charge in [-0.25, -0.2) is 4.79 Å². The molecular weight excluding hydrogens is 518 g/mol. The molecule has 4 amide bonds. The van der Waals surface area contributed by atoms with E-state index in [1.807, 2.05) is 30.3 Å². The summed E-state index contributed by atoms with van der Waals surface area (Å²) < 4.78 is 0. The summed E-state index contributed by atoms with van der Waals surface area (Å²) in [5.74, 6) is -4.97. The Bertz CT molecular complexity index is 971. The third kappa shape index (κ3) is 12.6. The van der Waals surface area contributed by atoms with E-state index < -0.39 is 72.2 Å². The number of aliphatic carboxylic acids is 1. The summed E-state index contributed by atoms with van der Waals surface area (Å²) in [6, 6.07) is 5.70. The lowest BCUT2D eigenvalue weighted by Gasteiger charge is -2.29. The number of carboxylic acids is 1. The smallest absolute Gasteiger partial charge is 0.326 e. The maximum absolute atomic E-state index is 13.1. The van der Waals surface area contributed by atoms with Gasteiger partial charge in [-0.2, -0.15) is 0 Å². The molecule has 0 spiro atoms. The number of hydrogen-bond acceptors (Lipinski definition) is 7. The first kappa shape index (κ1) is 34.5. The van der Waals surface area contributed by atoms with E-state index in [4.69, 9.17) is 5.73 Å². The predicted octanol–water partition coefficient (Wildman–Crippen LogP) is 0.0763. The summed E-state index contributed by atoms with van der Waals surface area (Å²) in [6.07, 6.45) is 3.27. The Balaban J connectivity index is 2.84. The van der Waals surface area contributed by atoms with Crippen LogP contribution in [-0.2, 0) is 30.4 Å². The second-order valence-corrected chi connectivity index (χ2v) is 10.4.